The number of benzene rings is 1. The third-order valence-corrected chi connectivity index (χ3v) is 5.26. The van der Waals surface area contributed by atoms with E-state index in [4.69, 9.17) is 11.6 Å². The molecule has 140 valence electrons. The highest BCUT2D eigenvalue weighted by Crippen LogP contribution is 2.29. The van der Waals surface area contributed by atoms with Gasteiger partial charge in [-0.05, 0) is 37.5 Å². The third-order valence-electron chi connectivity index (χ3n) is 5.02. The largest absolute Gasteiger partial charge is 0.330 e. The number of anilines is 1. The van der Waals surface area contributed by atoms with E-state index in [1.54, 1.807) is 34.1 Å². The molecule has 1 heterocycles. The molecular weight excluding hydrogens is 354 g/mol. The Labute approximate surface area is 158 Å². The fraction of sp³-hybridized carbons (Fsp3) is 0.526. The number of carbonyl (C=O) groups excluding carboxylic acids is 3. The van der Waals surface area contributed by atoms with E-state index in [1.807, 2.05) is 13.8 Å². The first-order valence-electron chi connectivity index (χ1n) is 9.05. The van der Waals surface area contributed by atoms with Gasteiger partial charge in [0.15, 0.2) is 0 Å². The lowest BCUT2D eigenvalue weighted by Crippen LogP contribution is -2.45. The molecule has 1 atom stereocenters. The molecule has 1 aromatic rings. The van der Waals surface area contributed by atoms with Crippen molar-refractivity contribution >= 4 is 35.0 Å². The van der Waals surface area contributed by atoms with Crippen LogP contribution in [0.3, 0.4) is 0 Å². The second-order valence-corrected chi connectivity index (χ2v) is 7.48. The summed E-state index contributed by atoms with van der Waals surface area (Å²) >= 11 is 6.00. The molecule has 1 saturated heterocycles. The maximum Gasteiger partial charge on any atom is 0.248 e. The van der Waals surface area contributed by atoms with Gasteiger partial charge in [0, 0.05) is 22.7 Å². The fourth-order valence-electron chi connectivity index (χ4n) is 3.06. The first-order chi connectivity index (χ1) is 12.4. The van der Waals surface area contributed by atoms with Crippen molar-refractivity contribution in [2.45, 2.75) is 39.2 Å². The van der Waals surface area contributed by atoms with Gasteiger partial charge in [0.2, 0.25) is 17.7 Å². The summed E-state index contributed by atoms with van der Waals surface area (Å²) in [6.45, 7) is 4.12. The van der Waals surface area contributed by atoms with Crippen LogP contribution in [0.1, 0.15) is 33.1 Å². The molecule has 1 aromatic carbocycles. The molecule has 1 aliphatic carbocycles. The van der Waals surface area contributed by atoms with Crippen LogP contribution in [-0.2, 0) is 14.4 Å². The van der Waals surface area contributed by atoms with Gasteiger partial charge < -0.3 is 9.80 Å². The second kappa shape index (κ2) is 7.66. The molecule has 2 aliphatic rings. The lowest BCUT2D eigenvalue weighted by Gasteiger charge is -2.27. The summed E-state index contributed by atoms with van der Waals surface area (Å²) in [6, 6.07) is 7.18. The first kappa shape index (κ1) is 18.7. The van der Waals surface area contributed by atoms with Gasteiger partial charge in [-0.1, -0.05) is 31.5 Å². The number of rotatable bonds is 6. The summed E-state index contributed by atoms with van der Waals surface area (Å²) in [5.74, 6) is -0.398. The van der Waals surface area contributed by atoms with Gasteiger partial charge >= 0.3 is 0 Å². The molecule has 1 saturated carbocycles. The van der Waals surface area contributed by atoms with Crippen molar-refractivity contribution in [3.8, 4) is 0 Å². The molecule has 0 aromatic heterocycles. The zero-order chi connectivity index (χ0) is 18.8. The number of amides is 3. The highest BCUT2D eigenvalue weighted by Gasteiger charge is 2.38. The van der Waals surface area contributed by atoms with Crippen LogP contribution in [0, 0.1) is 5.92 Å². The van der Waals surface area contributed by atoms with Crippen LogP contribution in [0.15, 0.2) is 24.3 Å². The van der Waals surface area contributed by atoms with E-state index in [-0.39, 0.29) is 49.4 Å². The Bertz CT molecular complexity index is 720. The van der Waals surface area contributed by atoms with Crippen LogP contribution < -0.4 is 4.90 Å². The van der Waals surface area contributed by atoms with Crippen LogP contribution in [0.4, 0.5) is 5.69 Å². The summed E-state index contributed by atoms with van der Waals surface area (Å²) in [4.78, 5) is 42.3. The minimum absolute atomic E-state index is 0.0283. The first-order valence-corrected chi connectivity index (χ1v) is 9.42. The van der Waals surface area contributed by atoms with Crippen LogP contribution >= 0.6 is 11.6 Å². The summed E-state index contributed by atoms with van der Waals surface area (Å²) in [5.41, 5.74) is 0.674. The number of hydrogen-bond donors (Lipinski definition) is 0. The topological polar surface area (TPSA) is 60.9 Å². The van der Waals surface area contributed by atoms with Crippen molar-refractivity contribution in [1.82, 2.24) is 9.80 Å². The molecule has 3 amide bonds. The Morgan fingerprint density at radius 1 is 1.35 bits per heavy atom. The molecule has 0 N–H and O–H groups in total. The molecule has 6 nitrogen and oxygen atoms in total. The lowest BCUT2D eigenvalue weighted by molar-refractivity contribution is -0.143. The number of nitrogens with zero attached hydrogens (tertiary/aromatic N) is 3. The van der Waals surface area contributed by atoms with E-state index < -0.39 is 0 Å². The van der Waals surface area contributed by atoms with Crippen LogP contribution in [0.25, 0.3) is 0 Å². The van der Waals surface area contributed by atoms with E-state index in [9.17, 15) is 14.4 Å². The number of hydrogen-bond acceptors (Lipinski definition) is 3. The molecule has 7 heteroatoms. The molecule has 0 unspecified atom stereocenters. The average molecular weight is 378 g/mol. The summed E-state index contributed by atoms with van der Waals surface area (Å²) in [5, 5.41) is 0.541. The van der Waals surface area contributed by atoms with Crippen molar-refractivity contribution in [2.75, 3.05) is 24.7 Å². The zero-order valence-electron chi connectivity index (χ0n) is 15.2. The zero-order valence-corrected chi connectivity index (χ0v) is 15.9. The molecule has 0 radical (unpaired) electrons. The predicted octanol–water partition coefficient (Wildman–Crippen LogP) is 2.51. The summed E-state index contributed by atoms with van der Waals surface area (Å²) < 4.78 is 0. The lowest BCUT2D eigenvalue weighted by atomic mass is 10.1. The van der Waals surface area contributed by atoms with Gasteiger partial charge in [-0.15, -0.1) is 0 Å². The van der Waals surface area contributed by atoms with Crippen molar-refractivity contribution in [1.29, 1.82) is 0 Å². The molecular formula is C19H24ClN3O3. The average Bonchev–Trinajstić information content (AvgIpc) is 3.39. The normalized spacial score (nSPS) is 18.2. The van der Waals surface area contributed by atoms with E-state index >= 15 is 0 Å². The highest BCUT2D eigenvalue weighted by atomic mass is 35.5. The van der Waals surface area contributed by atoms with Crippen molar-refractivity contribution in [3.63, 3.8) is 0 Å². The third kappa shape index (κ3) is 4.01. The van der Waals surface area contributed by atoms with Gasteiger partial charge in [-0.3, -0.25) is 19.3 Å². The molecule has 1 aliphatic heterocycles. The van der Waals surface area contributed by atoms with Gasteiger partial charge in [0.25, 0.3) is 0 Å². The minimum Gasteiger partial charge on any atom is -0.330 e. The number of carbonyl (C=O) groups is 3. The SMILES string of the molecule is CC[C@@H](C)C(=O)N(CC(=O)N1CC(=O)N(c2cccc(Cl)c2)C1)C1CC1. The van der Waals surface area contributed by atoms with Gasteiger partial charge in [-0.2, -0.15) is 0 Å². The van der Waals surface area contributed by atoms with Gasteiger partial charge in [-0.25, -0.2) is 0 Å². The molecule has 3 rings (SSSR count). The Kier molecular flexibility index (Phi) is 5.51. The standard InChI is InChI=1S/C19H24ClN3O3/c1-3-13(2)19(26)22(15-7-8-15)11-17(24)21-10-18(25)23(12-21)16-6-4-5-14(20)9-16/h4-6,9,13,15H,3,7-8,10-12H2,1-2H3/t13-/m1/s1. The van der Waals surface area contributed by atoms with E-state index in [2.05, 4.69) is 0 Å². The monoisotopic (exact) mass is 377 g/mol. The van der Waals surface area contributed by atoms with Crippen molar-refractivity contribution in [3.05, 3.63) is 29.3 Å². The van der Waals surface area contributed by atoms with Gasteiger partial charge in [0.05, 0.1) is 0 Å². The number of halogens is 1. The Morgan fingerprint density at radius 3 is 2.69 bits per heavy atom. The van der Waals surface area contributed by atoms with Gasteiger partial charge in [0.1, 0.15) is 19.8 Å². The van der Waals surface area contributed by atoms with Crippen molar-refractivity contribution in [2.24, 2.45) is 5.92 Å². The van der Waals surface area contributed by atoms with Crippen LogP contribution in [-0.4, -0.2) is 53.3 Å². The van der Waals surface area contributed by atoms with Crippen LogP contribution in [0.2, 0.25) is 5.02 Å². The highest BCUT2D eigenvalue weighted by molar-refractivity contribution is 6.31. The molecule has 0 bridgehead atoms. The minimum atomic E-state index is -0.188. The maximum absolute atomic E-state index is 12.7. The second-order valence-electron chi connectivity index (χ2n) is 7.04. The van der Waals surface area contributed by atoms with E-state index in [0.717, 1.165) is 19.3 Å². The summed E-state index contributed by atoms with van der Waals surface area (Å²) in [6.07, 6.45) is 2.65. The van der Waals surface area contributed by atoms with E-state index in [0.29, 0.717) is 10.7 Å². The van der Waals surface area contributed by atoms with Crippen molar-refractivity contribution < 1.29 is 14.4 Å². The Morgan fingerprint density at radius 2 is 2.08 bits per heavy atom. The van der Waals surface area contributed by atoms with Crippen LogP contribution in [0.5, 0.6) is 0 Å². The molecule has 2 fully saturated rings. The summed E-state index contributed by atoms with van der Waals surface area (Å²) in [7, 11) is 0. The molecule has 26 heavy (non-hydrogen) atoms. The fourth-order valence-corrected chi connectivity index (χ4v) is 3.25. The Hall–Kier alpha value is -2.08. The Balaban J connectivity index is 1.66. The smallest absolute Gasteiger partial charge is 0.248 e. The molecule has 0 spiro atoms. The predicted molar refractivity (Wildman–Crippen MR) is 99.7 cm³/mol. The maximum atomic E-state index is 12.7. The quantitative estimate of drug-likeness (QED) is 0.765. The van der Waals surface area contributed by atoms with E-state index in [1.165, 1.54) is 4.90 Å².